The van der Waals surface area contributed by atoms with Gasteiger partial charge < -0.3 is 25.4 Å². The van der Waals surface area contributed by atoms with E-state index in [0.29, 0.717) is 30.7 Å². The van der Waals surface area contributed by atoms with Gasteiger partial charge in [-0.1, -0.05) is 25.5 Å². The van der Waals surface area contributed by atoms with Crippen molar-refractivity contribution in [3.63, 3.8) is 0 Å². The Morgan fingerprint density at radius 3 is 2.31 bits per heavy atom. The molecule has 1 fully saturated rings. The van der Waals surface area contributed by atoms with Crippen LogP contribution in [0.2, 0.25) is 0 Å². The maximum Gasteiger partial charge on any atom is 0.328 e. The van der Waals surface area contributed by atoms with E-state index in [9.17, 15) is 14.7 Å². The number of carboxylic acids is 2. The predicted octanol–water partition coefficient (Wildman–Crippen LogP) is 2.85. The van der Waals surface area contributed by atoms with Crippen LogP contribution in [0.4, 0.5) is 0 Å². The third kappa shape index (κ3) is 9.10. The van der Waals surface area contributed by atoms with Gasteiger partial charge in [0, 0.05) is 24.2 Å². The van der Waals surface area contributed by atoms with Gasteiger partial charge in [0.15, 0.2) is 0 Å². The highest BCUT2D eigenvalue weighted by atomic mass is 16.5. The van der Waals surface area contributed by atoms with Crippen LogP contribution in [0, 0.1) is 17.3 Å². The van der Waals surface area contributed by atoms with Crippen molar-refractivity contribution in [3.8, 4) is 0 Å². The van der Waals surface area contributed by atoms with E-state index in [1.165, 1.54) is 12.8 Å². The molecule has 1 saturated carbocycles. The number of carbonyl (C=O) groups is 2. The molecule has 7 heteroatoms. The summed E-state index contributed by atoms with van der Waals surface area (Å²) >= 11 is 0. The van der Waals surface area contributed by atoms with E-state index in [1.807, 2.05) is 0 Å². The molecule has 2 bridgehead atoms. The molecule has 3 rings (SSSR count). The molecule has 3 atom stereocenters. The van der Waals surface area contributed by atoms with E-state index in [4.69, 9.17) is 14.9 Å². The van der Waals surface area contributed by atoms with Gasteiger partial charge in [-0.2, -0.15) is 0 Å². The number of aliphatic hydroxyl groups is 1. The second-order valence-corrected chi connectivity index (χ2v) is 9.44. The van der Waals surface area contributed by atoms with Crippen LogP contribution in [-0.4, -0.2) is 58.7 Å². The highest BCUT2D eigenvalue weighted by Crippen LogP contribution is 2.59. The quantitative estimate of drug-likeness (QED) is 0.262. The summed E-state index contributed by atoms with van der Waals surface area (Å²) in [6.07, 6.45) is 6.78. The Hall–Kier alpha value is -1.70. The molecule has 0 heterocycles. The minimum Gasteiger partial charge on any atom is -0.478 e. The molecule has 0 aromatic heterocycles. The molecule has 0 amide bonds. The van der Waals surface area contributed by atoms with Crippen molar-refractivity contribution in [1.29, 1.82) is 0 Å². The summed E-state index contributed by atoms with van der Waals surface area (Å²) in [5, 5.41) is 28.8. The second-order valence-electron chi connectivity index (χ2n) is 9.44. The lowest BCUT2D eigenvalue weighted by Crippen LogP contribution is -2.48. The SMILES string of the molecule is CC(C)(C)NCC(O)COCCC1=CCC2CC1C2(C)C.O=C(O)/C=C/C(=O)O. The van der Waals surface area contributed by atoms with E-state index in [1.54, 1.807) is 5.57 Å². The van der Waals surface area contributed by atoms with Crippen molar-refractivity contribution in [3.05, 3.63) is 23.8 Å². The fourth-order valence-corrected chi connectivity index (χ4v) is 3.79. The lowest BCUT2D eigenvalue weighted by molar-refractivity contribution is -0.134. The third-order valence-electron chi connectivity index (χ3n) is 5.66. The number of allylic oxidation sites excluding steroid dienone is 1. The molecule has 0 aromatic rings. The summed E-state index contributed by atoms with van der Waals surface area (Å²) in [6, 6.07) is 0. The first-order chi connectivity index (χ1) is 13.3. The Morgan fingerprint density at radius 2 is 1.86 bits per heavy atom. The number of hydrogen-bond donors (Lipinski definition) is 4. The first-order valence-corrected chi connectivity index (χ1v) is 10.2. The number of hydrogen-bond acceptors (Lipinski definition) is 5. The molecule has 7 nitrogen and oxygen atoms in total. The van der Waals surface area contributed by atoms with Crippen LogP contribution < -0.4 is 5.32 Å². The predicted molar refractivity (Wildman–Crippen MR) is 112 cm³/mol. The number of rotatable bonds is 9. The van der Waals surface area contributed by atoms with Gasteiger partial charge in [0.2, 0.25) is 0 Å². The average molecular weight is 412 g/mol. The van der Waals surface area contributed by atoms with Gasteiger partial charge in [0.05, 0.1) is 19.3 Å². The summed E-state index contributed by atoms with van der Waals surface area (Å²) in [5.74, 6) is -0.843. The Balaban J connectivity index is 0.000000447. The normalized spacial score (nSPS) is 23.4. The highest BCUT2D eigenvalue weighted by Gasteiger charge is 2.50. The average Bonchev–Trinajstić information content (AvgIpc) is 2.62. The molecule has 0 aliphatic heterocycles. The lowest BCUT2D eigenvalue weighted by atomic mass is 9.48. The van der Waals surface area contributed by atoms with Crippen molar-refractivity contribution in [2.24, 2.45) is 17.3 Å². The van der Waals surface area contributed by atoms with E-state index in [0.717, 1.165) is 24.9 Å². The Kier molecular flexibility index (Phi) is 9.52. The molecule has 4 N–H and O–H groups in total. The van der Waals surface area contributed by atoms with Crippen molar-refractivity contribution in [1.82, 2.24) is 5.32 Å². The first kappa shape index (κ1) is 25.3. The van der Waals surface area contributed by atoms with Gasteiger partial charge in [-0.05, 0) is 57.3 Å². The zero-order chi connectivity index (χ0) is 22.2. The van der Waals surface area contributed by atoms with E-state index in [-0.39, 0.29) is 5.54 Å². The highest BCUT2D eigenvalue weighted by molar-refractivity contribution is 5.89. The first-order valence-electron chi connectivity index (χ1n) is 10.2. The van der Waals surface area contributed by atoms with Crippen molar-refractivity contribution < 1.29 is 29.6 Å². The number of nitrogens with one attached hydrogen (secondary N) is 1. The van der Waals surface area contributed by atoms with Crippen LogP contribution >= 0.6 is 0 Å². The molecule has 0 radical (unpaired) electrons. The van der Waals surface area contributed by atoms with Crippen LogP contribution in [0.25, 0.3) is 0 Å². The molecule has 29 heavy (non-hydrogen) atoms. The van der Waals surface area contributed by atoms with Crippen LogP contribution in [-0.2, 0) is 14.3 Å². The van der Waals surface area contributed by atoms with Gasteiger partial charge in [0.25, 0.3) is 0 Å². The summed E-state index contributed by atoms with van der Waals surface area (Å²) in [4.78, 5) is 19.1. The van der Waals surface area contributed by atoms with E-state index >= 15 is 0 Å². The molecule has 3 unspecified atom stereocenters. The van der Waals surface area contributed by atoms with E-state index < -0.39 is 18.0 Å². The molecular weight excluding hydrogens is 374 g/mol. The topological polar surface area (TPSA) is 116 Å². The minimum absolute atomic E-state index is 0.0419. The summed E-state index contributed by atoms with van der Waals surface area (Å²) in [7, 11) is 0. The summed E-state index contributed by atoms with van der Waals surface area (Å²) in [6.45, 7) is 12.9. The number of ether oxygens (including phenoxy) is 1. The van der Waals surface area contributed by atoms with Gasteiger partial charge in [-0.15, -0.1) is 0 Å². The van der Waals surface area contributed by atoms with Gasteiger partial charge in [-0.25, -0.2) is 9.59 Å². The standard InChI is InChI=1S/C18H33NO2.C4H4O4/c1-17(2,3)19-11-15(20)12-21-9-8-13-6-7-14-10-16(13)18(14,4)5;5-3(6)1-2-4(7)8/h6,14-16,19-20H,7-12H2,1-5H3;1-2H,(H,5,6)(H,7,8)/b;2-1+. The Bertz CT molecular complexity index is 601. The fourth-order valence-electron chi connectivity index (χ4n) is 3.79. The number of fused-ring (bicyclic) bond motifs is 1. The van der Waals surface area contributed by atoms with Crippen molar-refractivity contribution in [2.75, 3.05) is 19.8 Å². The van der Waals surface area contributed by atoms with Gasteiger partial charge in [0.1, 0.15) is 0 Å². The molecule has 3 aliphatic carbocycles. The fraction of sp³-hybridized carbons (Fsp3) is 0.727. The van der Waals surface area contributed by atoms with Crippen LogP contribution in [0.1, 0.15) is 53.9 Å². The molecule has 0 aromatic carbocycles. The summed E-state index contributed by atoms with van der Waals surface area (Å²) in [5.41, 5.74) is 2.13. The maximum atomic E-state index is 9.89. The van der Waals surface area contributed by atoms with E-state index in [2.05, 4.69) is 46.0 Å². The Labute approximate surface area is 173 Å². The van der Waals surface area contributed by atoms with Crippen molar-refractivity contribution >= 4 is 11.9 Å². The van der Waals surface area contributed by atoms with Crippen LogP contribution in [0.5, 0.6) is 0 Å². The van der Waals surface area contributed by atoms with Crippen LogP contribution in [0.3, 0.4) is 0 Å². The Morgan fingerprint density at radius 1 is 1.28 bits per heavy atom. The molecule has 166 valence electrons. The second kappa shape index (κ2) is 10.9. The van der Waals surface area contributed by atoms with Gasteiger partial charge >= 0.3 is 11.9 Å². The number of β-amino-alcohol motifs (C(OH)–C–C–N with tert-alkyl or cyclic N) is 1. The van der Waals surface area contributed by atoms with Crippen LogP contribution in [0.15, 0.2) is 23.8 Å². The molecule has 3 aliphatic rings. The molecule has 0 spiro atoms. The van der Waals surface area contributed by atoms with Gasteiger partial charge in [-0.3, -0.25) is 0 Å². The monoisotopic (exact) mass is 411 g/mol. The number of aliphatic hydroxyl groups excluding tert-OH is 1. The number of carboxylic acid groups (broad SMARTS) is 2. The maximum absolute atomic E-state index is 9.89. The molecule has 0 saturated heterocycles. The number of aliphatic carboxylic acids is 2. The smallest absolute Gasteiger partial charge is 0.328 e. The molecular formula is C22H37NO6. The third-order valence-corrected chi connectivity index (χ3v) is 5.66. The zero-order valence-electron chi connectivity index (χ0n) is 18.3. The summed E-state index contributed by atoms with van der Waals surface area (Å²) < 4.78 is 5.67. The lowest BCUT2D eigenvalue weighted by Gasteiger charge is -2.56. The van der Waals surface area contributed by atoms with Crippen molar-refractivity contribution in [2.45, 2.75) is 65.5 Å². The minimum atomic E-state index is -1.26. The largest absolute Gasteiger partial charge is 0.478 e. The zero-order valence-corrected chi connectivity index (χ0v) is 18.3.